The van der Waals surface area contributed by atoms with Gasteiger partial charge in [0.2, 0.25) is 0 Å². The van der Waals surface area contributed by atoms with E-state index in [1.807, 2.05) is 0 Å². The first-order valence-corrected chi connectivity index (χ1v) is 3.03. The third-order valence-corrected chi connectivity index (χ3v) is 1.26. The van der Waals surface area contributed by atoms with E-state index in [4.69, 9.17) is 5.73 Å². The standard InChI is InChI=1S/C5H6N6/c6-5-3-11(10-9-5)4-1-7-8-2-4/h1-3H,6H2,(H,7,8). The van der Waals surface area contributed by atoms with Crippen LogP contribution in [0.25, 0.3) is 5.69 Å². The van der Waals surface area contributed by atoms with Gasteiger partial charge in [0.05, 0.1) is 12.4 Å². The predicted molar refractivity (Wildman–Crippen MR) is 37.9 cm³/mol. The Labute approximate surface area is 62.0 Å². The van der Waals surface area contributed by atoms with Crippen molar-refractivity contribution >= 4 is 5.82 Å². The molecule has 6 heteroatoms. The van der Waals surface area contributed by atoms with Crippen LogP contribution in [0.3, 0.4) is 0 Å². The van der Waals surface area contributed by atoms with E-state index in [1.54, 1.807) is 23.3 Å². The van der Waals surface area contributed by atoms with Crippen molar-refractivity contribution in [2.24, 2.45) is 0 Å². The number of aromatic nitrogens is 5. The third-order valence-electron chi connectivity index (χ3n) is 1.26. The quantitative estimate of drug-likeness (QED) is 0.577. The molecule has 0 aliphatic carbocycles. The molecule has 6 nitrogen and oxygen atoms in total. The molecule has 0 bridgehead atoms. The zero-order chi connectivity index (χ0) is 7.68. The van der Waals surface area contributed by atoms with Gasteiger partial charge in [0.25, 0.3) is 0 Å². The summed E-state index contributed by atoms with van der Waals surface area (Å²) in [5, 5.41) is 13.8. The van der Waals surface area contributed by atoms with E-state index in [-0.39, 0.29) is 0 Å². The molecule has 56 valence electrons. The smallest absolute Gasteiger partial charge is 0.166 e. The number of rotatable bonds is 1. The second-order valence-electron chi connectivity index (χ2n) is 2.04. The van der Waals surface area contributed by atoms with Gasteiger partial charge in [0.1, 0.15) is 5.69 Å². The van der Waals surface area contributed by atoms with Gasteiger partial charge in [-0.1, -0.05) is 5.21 Å². The largest absolute Gasteiger partial charge is 0.381 e. The highest BCUT2D eigenvalue weighted by Crippen LogP contribution is 2.02. The summed E-state index contributed by atoms with van der Waals surface area (Å²) in [5.74, 6) is 0.395. The maximum absolute atomic E-state index is 5.36. The lowest BCUT2D eigenvalue weighted by atomic mass is 10.6. The number of aromatic amines is 1. The normalized spacial score (nSPS) is 10.2. The van der Waals surface area contributed by atoms with Crippen molar-refractivity contribution in [1.82, 2.24) is 25.2 Å². The number of H-pyrrole nitrogens is 1. The van der Waals surface area contributed by atoms with Crippen LogP contribution < -0.4 is 5.73 Å². The number of nitrogens with two attached hydrogens (primary N) is 1. The van der Waals surface area contributed by atoms with Crippen LogP contribution in [0.5, 0.6) is 0 Å². The second kappa shape index (κ2) is 2.08. The third kappa shape index (κ3) is 0.936. The molecule has 0 spiro atoms. The van der Waals surface area contributed by atoms with Crippen molar-refractivity contribution < 1.29 is 0 Å². The maximum Gasteiger partial charge on any atom is 0.166 e. The molecule has 2 aromatic rings. The molecule has 2 rings (SSSR count). The summed E-state index contributed by atoms with van der Waals surface area (Å²) < 4.78 is 1.54. The van der Waals surface area contributed by atoms with Crippen LogP contribution in [0, 0.1) is 0 Å². The average Bonchev–Trinajstić information content (AvgIpc) is 2.55. The highest BCUT2D eigenvalue weighted by Gasteiger charge is 1.98. The van der Waals surface area contributed by atoms with Crippen molar-refractivity contribution in [2.45, 2.75) is 0 Å². The van der Waals surface area contributed by atoms with E-state index in [0.717, 1.165) is 5.69 Å². The van der Waals surface area contributed by atoms with Crippen molar-refractivity contribution in [3.8, 4) is 5.69 Å². The van der Waals surface area contributed by atoms with Gasteiger partial charge in [-0.15, -0.1) is 5.10 Å². The molecule has 0 aliphatic rings. The fourth-order valence-corrected chi connectivity index (χ4v) is 0.772. The summed E-state index contributed by atoms with van der Waals surface area (Å²) in [5.41, 5.74) is 6.17. The topological polar surface area (TPSA) is 85.4 Å². The molecule has 0 radical (unpaired) electrons. The monoisotopic (exact) mass is 150 g/mol. The van der Waals surface area contributed by atoms with E-state index in [1.165, 1.54) is 0 Å². The molecule has 11 heavy (non-hydrogen) atoms. The first kappa shape index (κ1) is 5.90. The molecule has 0 atom stereocenters. The minimum Gasteiger partial charge on any atom is -0.381 e. The molecular formula is C5H6N6. The predicted octanol–water partition coefficient (Wildman–Crippen LogP) is -0.427. The first-order valence-electron chi connectivity index (χ1n) is 3.03. The summed E-state index contributed by atoms with van der Waals surface area (Å²) in [7, 11) is 0. The summed E-state index contributed by atoms with van der Waals surface area (Å²) in [4.78, 5) is 0. The molecule has 2 heterocycles. The highest BCUT2D eigenvalue weighted by atomic mass is 15.4. The van der Waals surface area contributed by atoms with Crippen LogP contribution in [0.15, 0.2) is 18.6 Å². The Morgan fingerprint density at radius 3 is 3.00 bits per heavy atom. The maximum atomic E-state index is 5.36. The molecule has 0 aromatic carbocycles. The lowest BCUT2D eigenvalue weighted by Crippen LogP contribution is -1.91. The molecule has 0 saturated carbocycles. The van der Waals surface area contributed by atoms with Crippen LogP contribution in [0.1, 0.15) is 0 Å². The SMILES string of the molecule is Nc1cn(-c2cn[nH]c2)nn1. The number of nitrogens with zero attached hydrogens (tertiary/aromatic N) is 4. The Bertz CT molecular complexity index is 333. The number of nitrogen functional groups attached to an aromatic ring is 1. The Morgan fingerprint density at radius 2 is 2.45 bits per heavy atom. The molecular weight excluding hydrogens is 144 g/mol. The molecule has 0 amide bonds. The van der Waals surface area contributed by atoms with Crippen LogP contribution in [0.4, 0.5) is 5.82 Å². The van der Waals surface area contributed by atoms with E-state index in [9.17, 15) is 0 Å². The molecule has 0 aliphatic heterocycles. The van der Waals surface area contributed by atoms with E-state index in [0.29, 0.717) is 5.82 Å². The molecule has 3 N–H and O–H groups in total. The summed E-state index contributed by atoms with van der Waals surface area (Å²) >= 11 is 0. The van der Waals surface area contributed by atoms with Crippen LogP contribution in [-0.4, -0.2) is 25.2 Å². The summed E-state index contributed by atoms with van der Waals surface area (Å²) in [6.45, 7) is 0. The Kier molecular flexibility index (Phi) is 1.12. The minimum absolute atomic E-state index is 0.395. The van der Waals surface area contributed by atoms with Gasteiger partial charge in [0, 0.05) is 6.20 Å². The zero-order valence-corrected chi connectivity index (χ0v) is 5.60. The van der Waals surface area contributed by atoms with Crippen LogP contribution >= 0.6 is 0 Å². The zero-order valence-electron chi connectivity index (χ0n) is 5.60. The average molecular weight is 150 g/mol. The van der Waals surface area contributed by atoms with Crippen molar-refractivity contribution in [1.29, 1.82) is 0 Å². The van der Waals surface area contributed by atoms with Gasteiger partial charge in [0.15, 0.2) is 5.82 Å². The van der Waals surface area contributed by atoms with Gasteiger partial charge in [-0.2, -0.15) is 5.10 Å². The van der Waals surface area contributed by atoms with Gasteiger partial charge in [-0.3, -0.25) is 5.10 Å². The molecule has 0 unspecified atom stereocenters. The number of hydrogen-bond acceptors (Lipinski definition) is 4. The summed E-state index contributed by atoms with van der Waals surface area (Å²) in [6, 6.07) is 0. The Morgan fingerprint density at radius 1 is 1.55 bits per heavy atom. The molecule has 0 saturated heterocycles. The first-order chi connectivity index (χ1) is 5.36. The number of nitrogens with one attached hydrogen (secondary N) is 1. The van der Waals surface area contributed by atoms with Crippen molar-refractivity contribution in [2.75, 3.05) is 5.73 Å². The van der Waals surface area contributed by atoms with Gasteiger partial charge in [-0.25, -0.2) is 4.68 Å². The van der Waals surface area contributed by atoms with Crippen molar-refractivity contribution in [3.63, 3.8) is 0 Å². The Hall–Kier alpha value is -1.85. The fourth-order valence-electron chi connectivity index (χ4n) is 0.772. The van der Waals surface area contributed by atoms with Crippen molar-refractivity contribution in [3.05, 3.63) is 18.6 Å². The summed E-state index contributed by atoms with van der Waals surface area (Å²) in [6.07, 6.45) is 4.95. The molecule has 2 aromatic heterocycles. The van der Waals surface area contributed by atoms with Crippen LogP contribution in [0.2, 0.25) is 0 Å². The van der Waals surface area contributed by atoms with E-state index < -0.39 is 0 Å². The highest BCUT2D eigenvalue weighted by molar-refractivity contribution is 5.29. The number of anilines is 1. The Balaban J connectivity index is 2.45. The second-order valence-corrected chi connectivity index (χ2v) is 2.04. The van der Waals surface area contributed by atoms with Crippen LogP contribution in [-0.2, 0) is 0 Å². The van der Waals surface area contributed by atoms with Gasteiger partial charge in [-0.05, 0) is 0 Å². The van der Waals surface area contributed by atoms with E-state index >= 15 is 0 Å². The van der Waals surface area contributed by atoms with Gasteiger partial charge >= 0.3 is 0 Å². The van der Waals surface area contributed by atoms with Gasteiger partial charge < -0.3 is 5.73 Å². The van der Waals surface area contributed by atoms with E-state index in [2.05, 4.69) is 20.5 Å². The molecule has 0 fully saturated rings. The lowest BCUT2D eigenvalue weighted by Gasteiger charge is -1.88. The fraction of sp³-hybridized carbons (Fsp3) is 0. The lowest BCUT2D eigenvalue weighted by molar-refractivity contribution is 0.804. The number of hydrogen-bond donors (Lipinski definition) is 2. The minimum atomic E-state index is 0.395.